The van der Waals surface area contributed by atoms with E-state index in [-0.39, 0.29) is 18.9 Å². The second-order valence-corrected chi connectivity index (χ2v) is 4.44. The minimum Gasteiger partial charge on any atom is -0.481 e. The molecular formula is C16H14FNO3. The molecule has 1 N–H and O–H groups in total. The third-order valence-electron chi connectivity index (χ3n) is 2.95. The molecule has 2 aromatic carbocycles. The highest BCUT2D eigenvalue weighted by Gasteiger charge is 2.18. The van der Waals surface area contributed by atoms with Gasteiger partial charge in [0.05, 0.1) is 6.42 Å². The van der Waals surface area contributed by atoms with Crippen molar-refractivity contribution in [1.82, 2.24) is 0 Å². The maximum Gasteiger partial charge on any atom is 0.305 e. The molecule has 5 heteroatoms. The number of amides is 1. The molecule has 0 heterocycles. The number of nitrogens with zero attached hydrogens (tertiary/aromatic N) is 1. The van der Waals surface area contributed by atoms with Crippen molar-refractivity contribution in [3.8, 4) is 0 Å². The molecule has 0 aliphatic rings. The summed E-state index contributed by atoms with van der Waals surface area (Å²) in [4.78, 5) is 24.6. The lowest BCUT2D eigenvalue weighted by Crippen LogP contribution is -2.33. The number of hydrogen-bond donors (Lipinski definition) is 1. The minimum absolute atomic E-state index is 0.0511. The van der Waals surface area contributed by atoms with Gasteiger partial charge in [-0.25, -0.2) is 4.39 Å². The summed E-state index contributed by atoms with van der Waals surface area (Å²) in [7, 11) is 0. The predicted octanol–water partition coefficient (Wildman–Crippen LogP) is 2.95. The van der Waals surface area contributed by atoms with Gasteiger partial charge in [0.2, 0.25) is 0 Å². The van der Waals surface area contributed by atoms with Gasteiger partial charge in [-0.05, 0) is 36.4 Å². The van der Waals surface area contributed by atoms with Crippen molar-refractivity contribution in [2.75, 3.05) is 11.4 Å². The van der Waals surface area contributed by atoms with Gasteiger partial charge < -0.3 is 10.0 Å². The molecule has 2 aromatic rings. The highest BCUT2D eigenvalue weighted by molar-refractivity contribution is 6.06. The molecule has 0 bridgehead atoms. The van der Waals surface area contributed by atoms with Gasteiger partial charge in [0.15, 0.2) is 0 Å². The lowest BCUT2D eigenvalue weighted by Gasteiger charge is -2.22. The number of carbonyl (C=O) groups is 2. The van der Waals surface area contributed by atoms with Gasteiger partial charge in [0.25, 0.3) is 5.91 Å². The van der Waals surface area contributed by atoms with Crippen LogP contribution in [0, 0.1) is 5.82 Å². The van der Waals surface area contributed by atoms with E-state index >= 15 is 0 Å². The van der Waals surface area contributed by atoms with Crippen LogP contribution in [-0.4, -0.2) is 23.5 Å². The number of benzene rings is 2. The molecule has 108 valence electrons. The summed E-state index contributed by atoms with van der Waals surface area (Å²) >= 11 is 0. The predicted molar refractivity (Wildman–Crippen MR) is 76.8 cm³/mol. The van der Waals surface area contributed by atoms with E-state index < -0.39 is 11.8 Å². The molecule has 0 unspecified atom stereocenters. The number of carboxylic acid groups (broad SMARTS) is 1. The number of para-hydroxylation sites is 1. The summed E-state index contributed by atoms with van der Waals surface area (Å²) in [6, 6.07) is 14.0. The molecule has 4 nitrogen and oxygen atoms in total. The topological polar surface area (TPSA) is 57.6 Å². The van der Waals surface area contributed by atoms with Gasteiger partial charge in [-0.1, -0.05) is 18.2 Å². The molecule has 0 radical (unpaired) electrons. The third-order valence-corrected chi connectivity index (χ3v) is 2.95. The zero-order chi connectivity index (χ0) is 15.2. The number of carbonyl (C=O) groups excluding carboxylic acids is 1. The van der Waals surface area contributed by atoms with Gasteiger partial charge >= 0.3 is 5.97 Å². The zero-order valence-electron chi connectivity index (χ0n) is 11.2. The number of anilines is 1. The van der Waals surface area contributed by atoms with E-state index in [0.29, 0.717) is 11.3 Å². The Balaban J connectivity index is 2.28. The second-order valence-electron chi connectivity index (χ2n) is 4.44. The van der Waals surface area contributed by atoms with E-state index in [2.05, 4.69) is 0 Å². The van der Waals surface area contributed by atoms with Crippen molar-refractivity contribution in [1.29, 1.82) is 0 Å². The lowest BCUT2D eigenvalue weighted by molar-refractivity contribution is -0.136. The fourth-order valence-corrected chi connectivity index (χ4v) is 1.91. The summed E-state index contributed by atoms with van der Waals surface area (Å²) in [6.45, 7) is 0.0511. The lowest BCUT2D eigenvalue weighted by atomic mass is 10.1. The van der Waals surface area contributed by atoms with Crippen molar-refractivity contribution in [3.63, 3.8) is 0 Å². The van der Waals surface area contributed by atoms with Crippen molar-refractivity contribution < 1.29 is 19.1 Å². The van der Waals surface area contributed by atoms with E-state index in [1.165, 1.54) is 29.2 Å². The van der Waals surface area contributed by atoms with Crippen molar-refractivity contribution in [2.24, 2.45) is 0 Å². The van der Waals surface area contributed by atoms with Crippen LogP contribution in [0.2, 0.25) is 0 Å². The van der Waals surface area contributed by atoms with E-state index in [1.54, 1.807) is 30.3 Å². The van der Waals surface area contributed by atoms with Crippen LogP contribution in [-0.2, 0) is 4.79 Å². The summed E-state index contributed by atoms with van der Waals surface area (Å²) in [6.07, 6.45) is -0.165. The molecule has 0 spiro atoms. The Labute approximate surface area is 121 Å². The van der Waals surface area contributed by atoms with E-state index in [0.717, 1.165) is 0 Å². The molecular weight excluding hydrogens is 273 g/mol. The molecule has 2 rings (SSSR count). The third kappa shape index (κ3) is 3.89. The summed E-state index contributed by atoms with van der Waals surface area (Å²) < 4.78 is 12.9. The Morgan fingerprint density at radius 3 is 2.19 bits per heavy atom. The minimum atomic E-state index is -0.983. The van der Waals surface area contributed by atoms with Gasteiger partial charge in [-0.3, -0.25) is 9.59 Å². The first kappa shape index (κ1) is 14.7. The summed E-state index contributed by atoms with van der Waals surface area (Å²) in [5, 5.41) is 8.81. The maximum absolute atomic E-state index is 12.9. The molecule has 0 fully saturated rings. The fourth-order valence-electron chi connectivity index (χ4n) is 1.91. The number of rotatable bonds is 5. The van der Waals surface area contributed by atoms with E-state index in [9.17, 15) is 14.0 Å². The summed E-state index contributed by atoms with van der Waals surface area (Å²) in [5.41, 5.74) is 0.915. The molecule has 0 saturated heterocycles. The van der Waals surface area contributed by atoms with Crippen LogP contribution in [0.25, 0.3) is 0 Å². The number of halogens is 1. The number of aliphatic carboxylic acids is 1. The highest BCUT2D eigenvalue weighted by Crippen LogP contribution is 2.17. The molecule has 0 aliphatic carbocycles. The average molecular weight is 287 g/mol. The zero-order valence-corrected chi connectivity index (χ0v) is 11.2. The molecule has 0 saturated carbocycles. The highest BCUT2D eigenvalue weighted by atomic mass is 19.1. The normalized spacial score (nSPS) is 10.1. The second kappa shape index (κ2) is 6.65. The number of hydrogen-bond acceptors (Lipinski definition) is 2. The van der Waals surface area contributed by atoms with E-state index in [4.69, 9.17) is 5.11 Å². The van der Waals surface area contributed by atoms with Gasteiger partial charge in [0, 0.05) is 17.8 Å². The van der Waals surface area contributed by atoms with Crippen LogP contribution in [0.5, 0.6) is 0 Å². The van der Waals surface area contributed by atoms with Gasteiger partial charge in [-0.15, -0.1) is 0 Å². The first-order valence-corrected chi connectivity index (χ1v) is 6.42. The standard InChI is InChI=1S/C16H14FNO3/c17-13-8-6-12(7-9-13)16(21)18(11-10-15(19)20)14-4-2-1-3-5-14/h1-9H,10-11H2,(H,19,20). The molecule has 21 heavy (non-hydrogen) atoms. The molecule has 0 aliphatic heterocycles. The monoisotopic (exact) mass is 287 g/mol. The van der Waals surface area contributed by atoms with E-state index in [1.807, 2.05) is 0 Å². The Hall–Kier alpha value is -2.69. The Morgan fingerprint density at radius 2 is 1.62 bits per heavy atom. The SMILES string of the molecule is O=C(O)CCN(C(=O)c1ccc(F)cc1)c1ccccc1. The Kier molecular flexibility index (Phi) is 4.66. The molecule has 1 amide bonds. The maximum atomic E-state index is 12.9. The van der Waals surface area contributed by atoms with Crippen LogP contribution < -0.4 is 4.90 Å². The summed E-state index contributed by atoms with van der Waals surface area (Å²) in [5.74, 6) is -1.77. The Bertz CT molecular complexity index is 626. The van der Waals surface area contributed by atoms with Crippen molar-refractivity contribution in [2.45, 2.75) is 6.42 Å². The van der Waals surface area contributed by atoms with Crippen LogP contribution in [0.3, 0.4) is 0 Å². The Morgan fingerprint density at radius 1 is 1.00 bits per heavy atom. The van der Waals surface area contributed by atoms with Crippen molar-refractivity contribution >= 4 is 17.6 Å². The number of carboxylic acids is 1. The molecule has 0 atom stereocenters. The van der Waals surface area contributed by atoms with Crippen molar-refractivity contribution in [3.05, 3.63) is 66.0 Å². The fraction of sp³-hybridized carbons (Fsp3) is 0.125. The first-order chi connectivity index (χ1) is 10.1. The van der Waals surface area contributed by atoms with Gasteiger partial charge in [0.1, 0.15) is 5.82 Å². The van der Waals surface area contributed by atoms with Crippen LogP contribution >= 0.6 is 0 Å². The van der Waals surface area contributed by atoms with Crippen LogP contribution in [0.1, 0.15) is 16.8 Å². The quantitative estimate of drug-likeness (QED) is 0.919. The van der Waals surface area contributed by atoms with Crippen LogP contribution in [0.4, 0.5) is 10.1 Å². The van der Waals surface area contributed by atoms with Gasteiger partial charge in [-0.2, -0.15) is 0 Å². The largest absolute Gasteiger partial charge is 0.481 e. The van der Waals surface area contributed by atoms with Crippen LogP contribution in [0.15, 0.2) is 54.6 Å². The average Bonchev–Trinajstić information content (AvgIpc) is 2.49. The molecule has 0 aromatic heterocycles. The smallest absolute Gasteiger partial charge is 0.305 e. The first-order valence-electron chi connectivity index (χ1n) is 6.42.